The molecule has 2 heterocycles. The van der Waals surface area contributed by atoms with Crippen molar-refractivity contribution in [1.82, 2.24) is 4.90 Å². The molecular weight excluding hydrogens is 304 g/mol. The third-order valence-corrected chi connectivity index (χ3v) is 5.96. The van der Waals surface area contributed by atoms with Gasteiger partial charge in [-0.25, -0.2) is 8.42 Å². The van der Waals surface area contributed by atoms with Crippen LogP contribution in [-0.4, -0.2) is 57.8 Å². The number of hydrogen-bond donors (Lipinski definition) is 0. The molecule has 0 atom stereocenters. The first kappa shape index (κ1) is 15.3. The molecular formula is C15H20N2O4S. The second kappa shape index (κ2) is 5.89. The quantitative estimate of drug-likeness (QED) is 0.827. The summed E-state index contributed by atoms with van der Waals surface area (Å²) >= 11 is 0. The molecule has 3 rings (SSSR count). The molecule has 1 amide bonds. The zero-order valence-electron chi connectivity index (χ0n) is 12.6. The van der Waals surface area contributed by atoms with Crippen LogP contribution in [0.3, 0.4) is 0 Å². The minimum Gasteiger partial charge on any atom is -0.378 e. The van der Waals surface area contributed by atoms with Gasteiger partial charge >= 0.3 is 0 Å². The third kappa shape index (κ3) is 2.70. The Morgan fingerprint density at radius 2 is 1.95 bits per heavy atom. The Hall–Kier alpha value is -1.60. The van der Waals surface area contributed by atoms with Gasteiger partial charge in [-0.1, -0.05) is 0 Å². The predicted molar refractivity (Wildman–Crippen MR) is 83.7 cm³/mol. The van der Waals surface area contributed by atoms with Crippen LogP contribution in [0, 0.1) is 0 Å². The Morgan fingerprint density at radius 1 is 1.23 bits per heavy atom. The Balaban J connectivity index is 1.85. The van der Waals surface area contributed by atoms with E-state index >= 15 is 0 Å². The smallest absolute Gasteiger partial charge is 0.254 e. The largest absolute Gasteiger partial charge is 0.378 e. The third-order valence-electron chi connectivity index (χ3n) is 4.18. The van der Waals surface area contributed by atoms with Crippen molar-refractivity contribution in [1.29, 1.82) is 0 Å². The second-order valence-corrected chi connectivity index (χ2v) is 7.65. The summed E-state index contributed by atoms with van der Waals surface area (Å²) < 4.78 is 30.8. The van der Waals surface area contributed by atoms with Crippen LogP contribution in [0.4, 0.5) is 5.69 Å². The summed E-state index contributed by atoms with van der Waals surface area (Å²) in [6.45, 7) is 4.45. The molecule has 1 aromatic rings. The zero-order chi connectivity index (χ0) is 15.7. The van der Waals surface area contributed by atoms with Crippen molar-refractivity contribution in [2.24, 2.45) is 0 Å². The van der Waals surface area contributed by atoms with Crippen LogP contribution >= 0.6 is 0 Å². The highest BCUT2D eigenvalue weighted by Crippen LogP contribution is 2.31. The molecule has 6 nitrogen and oxygen atoms in total. The van der Waals surface area contributed by atoms with Gasteiger partial charge in [-0.05, 0) is 37.1 Å². The fourth-order valence-electron chi connectivity index (χ4n) is 2.90. The molecule has 1 aromatic carbocycles. The first-order valence-corrected chi connectivity index (χ1v) is 9.14. The summed E-state index contributed by atoms with van der Waals surface area (Å²) in [5.74, 6) is 0.0730. The Kier molecular flexibility index (Phi) is 4.10. The molecule has 0 aliphatic carbocycles. The van der Waals surface area contributed by atoms with Crippen LogP contribution in [0.1, 0.15) is 22.8 Å². The van der Waals surface area contributed by atoms with Crippen molar-refractivity contribution < 1.29 is 17.9 Å². The standard InChI is InChI=1S/C15H20N2O4S/c1-2-22(19,20)17-6-5-12-11-13(3-4-14(12)17)15(18)16-7-9-21-10-8-16/h3-4,11H,2,5-10H2,1H3. The summed E-state index contributed by atoms with van der Waals surface area (Å²) in [6, 6.07) is 5.31. The molecule has 0 N–H and O–H groups in total. The highest BCUT2D eigenvalue weighted by molar-refractivity contribution is 7.92. The summed E-state index contributed by atoms with van der Waals surface area (Å²) in [5.41, 5.74) is 2.26. The SMILES string of the molecule is CCS(=O)(=O)N1CCc2cc(C(=O)N3CCOCC3)ccc21. The maximum Gasteiger partial charge on any atom is 0.254 e. The Bertz CT molecular complexity index is 681. The number of hydrogen-bond acceptors (Lipinski definition) is 4. The minimum absolute atomic E-state index is 0.0112. The molecule has 0 saturated carbocycles. The van der Waals surface area contributed by atoms with Crippen molar-refractivity contribution in [3.05, 3.63) is 29.3 Å². The Labute approximate surface area is 130 Å². The number of sulfonamides is 1. The molecule has 2 aliphatic rings. The molecule has 0 spiro atoms. The normalized spacial score (nSPS) is 18.4. The Morgan fingerprint density at radius 3 is 2.64 bits per heavy atom. The number of rotatable bonds is 3. The lowest BCUT2D eigenvalue weighted by atomic mass is 10.1. The van der Waals surface area contributed by atoms with Crippen LogP contribution in [0.5, 0.6) is 0 Å². The van der Waals surface area contributed by atoms with Crippen molar-refractivity contribution in [2.45, 2.75) is 13.3 Å². The van der Waals surface area contributed by atoms with E-state index in [2.05, 4.69) is 0 Å². The molecule has 1 saturated heterocycles. The number of amides is 1. The molecule has 1 fully saturated rings. The monoisotopic (exact) mass is 324 g/mol. The van der Waals surface area contributed by atoms with Gasteiger partial charge in [0.05, 0.1) is 24.7 Å². The second-order valence-electron chi connectivity index (χ2n) is 5.47. The summed E-state index contributed by atoms with van der Waals surface area (Å²) in [6.07, 6.45) is 0.652. The zero-order valence-corrected chi connectivity index (χ0v) is 13.4. The van der Waals surface area contributed by atoms with Gasteiger partial charge in [0.1, 0.15) is 0 Å². The predicted octanol–water partition coefficient (Wildman–Crippen LogP) is 0.871. The van der Waals surface area contributed by atoms with Crippen molar-refractivity contribution in [3.8, 4) is 0 Å². The van der Waals surface area contributed by atoms with Gasteiger partial charge in [0, 0.05) is 25.2 Å². The number of anilines is 1. The van der Waals surface area contributed by atoms with Crippen LogP contribution in [0.15, 0.2) is 18.2 Å². The van der Waals surface area contributed by atoms with Crippen molar-refractivity contribution in [2.75, 3.05) is 42.9 Å². The summed E-state index contributed by atoms with van der Waals surface area (Å²) in [5, 5.41) is 0. The number of carbonyl (C=O) groups is 1. The molecule has 120 valence electrons. The first-order chi connectivity index (χ1) is 10.5. The molecule has 0 aromatic heterocycles. The number of ether oxygens (including phenoxy) is 1. The summed E-state index contributed by atoms with van der Waals surface area (Å²) in [4.78, 5) is 14.3. The van der Waals surface area contributed by atoms with E-state index in [1.807, 2.05) is 6.07 Å². The molecule has 0 bridgehead atoms. The van der Waals surface area contributed by atoms with E-state index in [0.29, 0.717) is 50.5 Å². The fraction of sp³-hybridized carbons (Fsp3) is 0.533. The minimum atomic E-state index is -3.24. The number of benzene rings is 1. The van der Waals surface area contributed by atoms with E-state index < -0.39 is 10.0 Å². The van der Waals surface area contributed by atoms with Crippen LogP contribution in [0.2, 0.25) is 0 Å². The average molecular weight is 324 g/mol. The van der Waals surface area contributed by atoms with E-state index in [9.17, 15) is 13.2 Å². The number of carbonyl (C=O) groups excluding carboxylic acids is 1. The first-order valence-electron chi connectivity index (χ1n) is 7.53. The topological polar surface area (TPSA) is 66.9 Å². The van der Waals surface area contributed by atoms with Crippen LogP contribution in [-0.2, 0) is 21.2 Å². The maximum absolute atomic E-state index is 12.5. The number of nitrogens with zero attached hydrogens (tertiary/aromatic N) is 2. The molecule has 0 unspecified atom stereocenters. The van der Waals surface area contributed by atoms with Gasteiger partial charge in [-0.3, -0.25) is 9.10 Å². The lowest BCUT2D eigenvalue weighted by Gasteiger charge is -2.27. The number of morpholine rings is 1. The lowest BCUT2D eigenvalue weighted by molar-refractivity contribution is 0.0303. The van der Waals surface area contributed by atoms with Crippen molar-refractivity contribution >= 4 is 21.6 Å². The van der Waals surface area contributed by atoms with E-state index in [1.54, 1.807) is 24.0 Å². The summed E-state index contributed by atoms with van der Waals surface area (Å²) in [7, 11) is -3.24. The molecule has 22 heavy (non-hydrogen) atoms. The van der Waals surface area contributed by atoms with Crippen LogP contribution < -0.4 is 4.31 Å². The molecule has 0 radical (unpaired) electrons. The van der Waals surface area contributed by atoms with E-state index in [-0.39, 0.29) is 11.7 Å². The maximum atomic E-state index is 12.5. The van der Waals surface area contributed by atoms with Gasteiger partial charge < -0.3 is 9.64 Å². The number of fused-ring (bicyclic) bond motifs is 1. The van der Waals surface area contributed by atoms with E-state index in [0.717, 1.165) is 5.56 Å². The highest BCUT2D eigenvalue weighted by Gasteiger charge is 2.29. The van der Waals surface area contributed by atoms with Gasteiger partial charge in [0.25, 0.3) is 5.91 Å². The van der Waals surface area contributed by atoms with E-state index in [1.165, 1.54) is 4.31 Å². The molecule has 7 heteroatoms. The van der Waals surface area contributed by atoms with Gasteiger partial charge in [0.15, 0.2) is 0 Å². The molecule has 2 aliphatic heterocycles. The van der Waals surface area contributed by atoms with E-state index in [4.69, 9.17) is 4.74 Å². The highest BCUT2D eigenvalue weighted by atomic mass is 32.2. The fourth-order valence-corrected chi connectivity index (χ4v) is 4.06. The lowest BCUT2D eigenvalue weighted by Crippen LogP contribution is -2.40. The average Bonchev–Trinajstić information content (AvgIpc) is 2.99. The van der Waals surface area contributed by atoms with Gasteiger partial charge in [-0.15, -0.1) is 0 Å². The van der Waals surface area contributed by atoms with Crippen LogP contribution in [0.25, 0.3) is 0 Å². The van der Waals surface area contributed by atoms with Crippen molar-refractivity contribution in [3.63, 3.8) is 0 Å². The van der Waals surface area contributed by atoms with Gasteiger partial charge in [0.2, 0.25) is 10.0 Å². The van der Waals surface area contributed by atoms with Gasteiger partial charge in [-0.2, -0.15) is 0 Å².